The zero-order valence-corrected chi connectivity index (χ0v) is 15.8. The van der Waals surface area contributed by atoms with Crippen molar-refractivity contribution < 1.29 is 23.9 Å². The monoisotopic (exact) mass is 384 g/mol. The van der Waals surface area contributed by atoms with E-state index < -0.39 is 19.1 Å². The van der Waals surface area contributed by atoms with Crippen molar-refractivity contribution in [1.82, 2.24) is 4.90 Å². The number of likely N-dealkylation sites (tertiary alicyclic amines) is 1. The number of amides is 3. The molecule has 0 unspecified atom stereocenters. The normalized spacial score (nSPS) is 24.0. The molecule has 0 N–H and O–H groups in total. The van der Waals surface area contributed by atoms with Gasteiger partial charge in [0.05, 0.1) is 11.8 Å². The number of anilines is 1. The van der Waals surface area contributed by atoms with Crippen LogP contribution in [0.15, 0.2) is 24.3 Å². The average molecular weight is 384 g/mol. The van der Waals surface area contributed by atoms with Gasteiger partial charge in [-0.15, -0.1) is 0 Å². The number of rotatable bonds is 4. The Bertz CT molecular complexity index is 797. The molecule has 2 atom stereocenters. The highest BCUT2D eigenvalue weighted by molar-refractivity contribution is 6.07. The van der Waals surface area contributed by atoms with Gasteiger partial charge in [-0.05, 0) is 37.3 Å². The number of ether oxygens (including phenoxy) is 1. The summed E-state index contributed by atoms with van der Waals surface area (Å²) in [7, 11) is 0. The van der Waals surface area contributed by atoms with Gasteiger partial charge in [0.1, 0.15) is 6.54 Å². The van der Waals surface area contributed by atoms with Gasteiger partial charge in [0, 0.05) is 12.2 Å². The Morgan fingerprint density at radius 2 is 1.68 bits per heavy atom. The van der Waals surface area contributed by atoms with Crippen molar-refractivity contribution in [3.63, 3.8) is 0 Å². The number of hydrogen-bond acceptors (Lipinski definition) is 5. The van der Waals surface area contributed by atoms with Crippen molar-refractivity contribution in [1.29, 1.82) is 0 Å². The number of imide groups is 1. The summed E-state index contributed by atoms with van der Waals surface area (Å²) in [6.45, 7) is -0.218. The molecule has 0 aromatic heterocycles. The fourth-order valence-electron chi connectivity index (χ4n) is 4.57. The maximum atomic E-state index is 12.5. The zero-order chi connectivity index (χ0) is 19.7. The lowest BCUT2D eigenvalue weighted by Gasteiger charge is -2.29. The Balaban J connectivity index is 1.33. The van der Waals surface area contributed by atoms with Crippen LogP contribution >= 0.6 is 0 Å². The molecule has 0 bridgehead atoms. The molecule has 148 valence electrons. The Hall–Kier alpha value is -2.70. The number of esters is 1. The highest BCUT2D eigenvalue weighted by Gasteiger charge is 2.48. The minimum absolute atomic E-state index is 0.275. The fourth-order valence-corrected chi connectivity index (χ4v) is 4.57. The molecule has 1 saturated heterocycles. The molecule has 28 heavy (non-hydrogen) atoms. The third-order valence-electron chi connectivity index (χ3n) is 5.99. The van der Waals surface area contributed by atoms with Crippen LogP contribution in [-0.4, -0.2) is 48.3 Å². The van der Waals surface area contributed by atoms with E-state index >= 15 is 0 Å². The first-order valence-electron chi connectivity index (χ1n) is 9.95. The summed E-state index contributed by atoms with van der Waals surface area (Å²) in [6.07, 6.45) is 5.05. The van der Waals surface area contributed by atoms with E-state index in [1.807, 2.05) is 24.3 Å². The molecule has 1 aliphatic carbocycles. The van der Waals surface area contributed by atoms with Gasteiger partial charge in [0.25, 0.3) is 5.91 Å². The lowest BCUT2D eigenvalue weighted by Crippen LogP contribution is -2.40. The van der Waals surface area contributed by atoms with Crippen LogP contribution in [-0.2, 0) is 30.3 Å². The van der Waals surface area contributed by atoms with E-state index in [1.54, 1.807) is 4.90 Å². The third kappa shape index (κ3) is 3.41. The Morgan fingerprint density at radius 1 is 1.00 bits per heavy atom. The molecule has 0 radical (unpaired) electrons. The van der Waals surface area contributed by atoms with E-state index in [2.05, 4.69) is 0 Å². The molecule has 1 saturated carbocycles. The lowest BCUT2D eigenvalue weighted by molar-refractivity contribution is -0.154. The van der Waals surface area contributed by atoms with Crippen LogP contribution in [0, 0.1) is 11.8 Å². The van der Waals surface area contributed by atoms with Gasteiger partial charge in [0.15, 0.2) is 6.61 Å². The van der Waals surface area contributed by atoms with Gasteiger partial charge < -0.3 is 9.64 Å². The van der Waals surface area contributed by atoms with Gasteiger partial charge >= 0.3 is 5.97 Å². The molecule has 4 rings (SSSR count). The molecule has 7 nitrogen and oxygen atoms in total. The number of para-hydroxylation sites is 1. The van der Waals surface area contributed by atoms with Gasteiger partial charge in [0.2, 0.25) is 11.8 Å². The Labute approximate surface area is 163 Å². The average Bonchev–Trinajstić information content (AvgIpc) is 2.96. The number of hydrogen-bond donors (Lipinski definition) is 0. The molecule has 1 aromatic rings. The van der Waals surface area contributed by atoms with E-state index in [9.17, 15) is 19.2 Å². The van der Waals surface area contributed by atoms with Gasteiger partial charge in [-0.25, -0.2) is 0 Å². The van der Waals surface area contributed by atoms with E-state index in [-0.39, 0.29) is 29.6 Å². The second kappa shape index (κ2) is 7.73. The van der Waals surface area contributed by atoms with Gasteiger partial charge in [-0.1, -0.05) is 31.0 Å². The molecule has 2 fully saturated rings. The van der Waals surface area contributed by atoms with Crippen LogP contribution in [0.3, 0.4) is 0 Å². The quantitative estimate of drug-likeness (QED) is 0.583. The number of carbonyl (C=O) groups is 4. The van der Waals surface area contributed by atoms with Crippen molar-refractivity contribution in [2.75, 3.05) is 24.6 Å². The topological polar surface area (TPSA) is 84.0 Å². The SMILES string of the molecule is O=C(CN1C(=O)[C@@H]2CCCC[C@H]2C1=O)OCC(=O)N1CCCc2ccccc21. The van der Waals surface area contributed by atoms with Crippen LogP contribution in [0.5, 0.6) is 0 Å². The first-order chi connectivity index (χ1) is 13.6. The van der Waals surface area contributed by atoms with Crippen LogP contribution in [0.1, 0.15) is 37.7 Å². The standard InChI is InChI=1S/C21H24N2O5/c24-18(22-11-5-7-14-6-1-4-10-17(14)22)13-28-19(25)12-23-20(26)15-8-2-3-9-16(15)21(23)27/h1,4,6,10,15-16H,2-3,5,7-9,11-13H2/t15-,16-/m1/s1. The van der Waals surface area contributed by atoms with Crippen molar-refractivity contribution in [3.8, 4) is 0 Å². The highest BCUT2D eigenvalue weighted by Crippen LogP contribution is 2.37. The van der Waals surface area contributed by atoms with Gasteiger partial charge in [-0.3, -0.25) is 24.1 Å². The molecule has 1 aromatic carbocycles. The fraction of sp³-hybridized carbons (Fsp3) is 0.524. The minimum Gasteiger partial charge on any atom is -0.454 e. The van der Waals surface area contributed by atoms with Crippen LogP contribution in [0.2, 0.25) is 0 Å². The van der Waals surface area contributed by atoms with E-state index in [1.165, 1.54) is 0 Å². The summed E-state index contributed by atoms with van der Waals surface area (Å²) in [6, 6.07) is 7.69. The molecule has 0 spiro atoms. The second-order valence-electron chi connectivity index (χ2n) is 7.70. The van der Waals surface area contributed by atoms with Crippen LogP contribution in [0.4, 0.5) is 5.69 Å². The Kier molecular flexibility index (Phi) is 5.15. The van der Waals surface area contributed by atoms with E-state index in [0.29, 0.717) is 19.4 Å². The number of nitrogens with zero attached hydrogens (tertiary/aromatic N) is 2. The summed E-state index contributed by atoms with van der Waals surface area (Å²) >= 11 is 0. The first kappa shape index (κ1) is 18.7. The Morgan fingerprint density at radius 3 is 2.39 bits per heavy atom. The summed E-state index contributed by atoms with van der Waals surface area (Å²) in [5.41, 5.74) is 1.95. The lowest BCUT2D eigenvalue weighted by atomic mass is 9.81. The summed E-state index contributed by atoms with van der Waals surface area (Å²) in [5, 5.41) is 0. The van der Waals surface area contributed by atoms with Crippen LogP contribution < -0.4 is 4.90 Å². The molecule has 3 amide bonds. The molecular weight excluding hydrogens is 360 g/mol. The number of fused-ring (bicyclic) bond motifs is 2. The number of benzene rings is 1. The second-order valence-corrected chi connectivity index (χ2v) is 7.70. The predicted molar refractivity (Wildman–Crippen MR) is 100 cm³/mol. The zero-order valence-electron chi connectivity index (χ0n) is 15.8. The van der Waals surface area contributed by atoms with Crippen molar-refractivity contribution >= 4 is 29.4 Å². The molecule has 2 aliphatic heterocycles. The predicted octanol–water partition coefficient (Wildman–Crippen LogP) is 1.68. The summed E-state index contributed by atoms with van der Waals surface area (Å²) in [5.74, 6) is -2.15. The minimum atomic E-state index is -0.723. The van der Waals surface area contributed by atoms with Crippen LogP contribution in [0.25, 0.3) is 0 Å². The van der Waals surface area contributed by atoms with Gasteiger partial charge in [-0.2, -0.15) is 0 Å². The number of aryl methyl sites for hydroxylation is 1. The molecular formula is C21H24N2O5. The third-order valence-corrected chi connectivity index (χ3v) is 5.99. The number of carbonyl (C=O) groups excluding carboxylic acids is 4. The van der Waals surface area contributed by atoms with Crippen molar-refractivity contribution in [2.45, 2.75) is 38.5 Å². The summed E-state index contributed by atoms with van der Waals surface area (Å²) < 4.78 is 5.11. The molecule has 7 heteroatoms. The maximum absolute atomic E-state index is 12.5. The first-order valence-corrected chi connectivity index (χ1v) is 9.95. The smallest absolute Gasteiger partial charge is 0.326 e. The van der Waals surface area contributed by atoms with Crippen molar-refractivity contribution in [2.24, 2.45) is 11.8 Å². The largest absolute Gasteiger partial charge is 0.454 e. The van der Waals surface area contributed by atoms with Crippen molar-refractivity contribution in [3.05, 3.63) is 29.8 Å². The van der Waals surface area contributed by atoms with E-state index in [4.69, 9.17) is 4.74 Å². The maximum Gasteiger partial charge on any atom is 0.326 e. The summed E-state index contributed by atoms with van der Waals surface area (Å²) in [4.78, 5) is 52.2. The van der Waals surface area contributed by atoms with E-state index in [0.717, 1.165) is 41.8 Å². The highest BCUT2D eigenvalue weighted by atomic mass is 16.5. The molecule has 2 heterocycles. The molecule has 3 aliphatic rings.